The second kappa shape index (κ2) is 7.42. The van der Waals surface area contributed by atoms with Gasteiger partial charge in [-0.1, -0.05) is 37.0 Å². The van der Waals surface area contributed by atoms with Crippen molar-refractivity contribution in [2.45, 2.75) is 59.0 Å². The molecule has 0 heterocycles. The summed E-state index contributed by atoms with van der Waals surface area (Å²) in [6.45, 7) is 8.20. The Morgan fingerprint density at radius 1 is 1.10 bits per heavy atom. The molecule has 1 saturated carbocycles. The number of benzene rings is 1. The topological polar surface area (TPSA) is 23.5 Å². The molecule has 1 fully saturated rings. The first kappa shape index (κ1) is 16.5. The average Bonchev–Trinajstić information content (AvgIpc) is 2.38. The molecule has 2 rings (SSSR count). The molecule has 1 N–H and O–H groups in total. The number of nitrogens with zero attached hydrogens (tertiary/aromatic N) is 1. The number of rotatable bonds is 5. The van der Waals surface area contributed by atoms with Gasteiger partial charge in [-0.25, -0.2) is 0 Å². The van der Waals surface area contributed by atoms with Crippen molar-refractivity contribution in [1.29, 1.82) is 0 Å². The first-order valence-corrected chi connectivity index (χ1v) is 8.41. The molecule has 1 aliphatic carbocycles. The van der Waals surface area contributed by atoms with Crippen molar-refractivity contribution in [3.63, 3.8) is 0 Å². The highest BCUT2D eigenvalue weighted by Crippen LogP contribution is 2.27. The van der Waals surface area contributed by atoms with Crippen LogP contribution in [-0.2, 0) is 0 Å². The first-order valence-electron chi connectivity index (χ1n) is 8.41. The molecule has 0 spiro atoms. The third-order valence-corrected chi connectivity index (χ3v) is 4.85. The maximum Gasteiger partial charge on any atom is 0.0921 e. The van der Waals surface area contributed by atoms with Crippen LogP contribution in [0, 0.1) is 26.7 Å². The van der Waals surface area contributed by atoms with Gasteiger partial charge in [-0.05, 0) is 63.3 Å². The maximum atomic E-state index is 10.6. The number of hydrogen-bond donors (Lipinski definition) is 1. The van der Waals surface area contributed by atoms with E-state index in [1.54, 1.807) is 0 Å². The molecule has 1 unspecified atom stereocenters. The fourth-order valence-corrected chi connectivity index (χ4v) is 3.99. The van der Waals surface area contributed by atoms with Crippen LogP contribution in [0.25, 0.3) is 0 Å². The van der Waals surface area contributed by atoms with Gasteiger partial charge in [-0.15, -0.1) is 0 Å². The predicted octanol–water partition coefficient (Wildman–Crippen LogP) is 4.16. The molecular formula is C19H31NO. The van der Waals surface area contributed by atoms with E-state index in [1.807, 2.05) is 0 Å². The van der Waals surface area contributed by atoms with E-state index in [0.717, 1.165) is 24.6 Å². The second-order valence-electron chi connectivity index (χ2n) is 7.05. The maximum absolute atomic E-state index is 10.6. The third-order valence-electron chi connectivity index (χ3n) is 4.85. The Labute approximate surface area is 130 Å². The molecule has 1 aliphatic rings. The zero-order valence-electron chi connectivity index (χ0n) is 14.2. The van der Waals surface area contributed by atoms with Crippen LogP contribution in [0.4, 0.5) is 0 Å². The summed E-state index contributed by atoms with van der Waals surface area (Å²) in [6.07, 6.45) is 6.53. The van der Waals surface area contributed by atoms with Crippen molar-refractivity contribution < 1.29 is 5.11 Å². The minimum absolute atomic E-state index is 0.376. The van der Waals surface area contributed by atoms with Gasteiger partial charge >= 0.3 is 0 Å². The minimum atomic E-state index is -0.376. The molecule has 0 aromatic heterocycles. The van der Waals surface area contributed by atoms with Crippen LogP contribution in [0.3, 0.4) is 0 Å². The highest BCUT2D eigenvalue weighted by molar-refractivity contribution is 5.39. The van der Waals surface area contributed by atoms with Crippen molar-refractivity contribution in [3.8, 4) is 0 Å². The molecule has 2 nitrogen and oxygen atoms in total. The zero-order chi connectivity index (χ0) is 15.4. The third kappa shape index (κ3) is 4.55. The smallest absolute Gasteiger partial charge is 0.0921 e. The molecule has 0 saturated heterocycles. The van der Waals surface area contributed by atoms with E-state index in [9.17, 15) is 5.11 Å². The lowest BCUT2D eigenvalue weighted by Crippen LogP contribution is -2.31. The largest absolute Gasteiger partial charge is 0.387 e. The van der Waals surface area contributed by atoms with Gasteiger partial charge in [0.05, 0.1) is 6.10 Å². The Morgan fingerprint density at radius 3 is 2.24 bits per heavy atom. The van der Waals surface area contributed by atoms with E-state index in [1.165, 1.54) is 48.8 Å². The Bertz CT molecular complexity index is 440. The van der Waals surface area contributed by atoms with Crippen LogP contribution in [-0.4, -0.2) is 30.1 Å². The van der Waals surface area contributed by atoms with E-state index in [-0.39, 0.29) is 6.10 Å². The van der Waals surface area contributed by atoms with Crippen LogP contribution in [0.1, 0.15) is 60.5 Å². The molecule has 21 heavy (non-hydrogen) atoms. The Hall–Kier alpha value is -0.860. The quantitative estimate of drug-likeness (QED) is 0.880. The lowest BCUT2D eigenvalue weighted by Gasteiger charge is -2.29. The number of aliphatic hydroxyl groups excluding tert-OH is 1. The monoisotopic (exact) mass is 289 g/mol. The molecule has 0 aliphatic heterocycles. The molecule has 1 atom stereocenters. The van der Waals surface area contributed by atoms with Gasteiger partial charge in [0.2, 0.25) is 0 Å². The highest BCUT2D eigenvalue weighted by Gasteiger charge is 2.19. The minimum Gasteiger partial charge on any atom is -0.387 e. The molecule has 0 amide bonds. The summed E-state index contributed by atoms with van der Waals surface area (Å²) in [5.74, 6) is 0.830. The highest BCUT2D eigenvalue weighted by atomic mass is 16.3. The molecule has 0 bridgehead atoms. The fourth-order valence-electron chi connectivity index (χ4n) is 3.99. The van der Waals surface area contributed by atoms with Gasteiger partial charge < -0.3 is 10.0 Å². The van der Waals surface area contributed by atoms with E-state index in [2.05, 4.69) is 44.9 Å². The number of likely N-dealkylation sites (N-methyl/N-ethyl adjacent to an activating group) is 1. The lowest BCUT2D eigenvalue weighted by atomic mass is 9.89. The van der Waals surface area contributed by atoms with Gasteiger partial charge in [0.25, 0.3) is 0 Å². The summed E-state index contributed by atoms with van der Waals surface area (Å²) >= 11 is 0. The average molecular weight is 289 g/mol. The Balaban J connectivity index is 1.95. The summed E-state index contributed by atoms with van der Waals surface area (Å²) in [7, 11) is 2.15. The van der Waals surface area contributed by atoms with E-state index in [4.69, 9.17) is 0 Å². The summed E-state index contributed by atoms with van der Waals surface area (Å²) in [4.78, 5) is 2.32. The van der Waals surface area contributed by atoms with Gasteiger partial charge in [-0.2, -0.15) is 0 Å². The van der Waals surface area contributed by atoms with Crippen LogP contribution >= 0.6 is 0 Å². The van der Waals surface area contributed by atoms with E-state index < -0.39 is 0 Å². The summed E-state index contributed by atoms with van der Waals surface area (Å²) in [6, 6.07) is 4.35. The predicted molar refractivity (Wildman–Crippen MR) is 89.7 cm³/mol. The summed E-state index contributed by atoms with van der Waals surface area (Å²) in [5, 5.41) is 10.6. The van der Waals surface area contributed by atoms with Gasteiger partial charge in [0.15, 0.2) is 0 Å². The summed E-state index contributed by atoms with van der Waals surface area (Å²) < 4.78 is 0. The lowest BCUT2D eigenvalue weighted by molar-refractivity contribution is 0.112. The molecular weight excluding hydrogens is 258 g/mol. The first-order chi connectivity index (χ1) is 9.97. The Kier molecular flexibility index (Phi) is 5.83. The van der Waals surface area contributed by atoms with Crippen molar-refractivity contribution in [2.24, 2.45) is 5.92 Å². The van der Waals surface area contributed by atoms with E-state index >= 15 is 0 Å². The van der Waals surface area contributed by atoms with Gasteiger partial charge in [-0.3, -0.25) is 0 Å². The van der Waals surface area contributed by atoms with Crippen LogP contribution < -0.4 is 0 Å². The van der Waals surface area contributed by atoms with Crippen molar-refractivity contribution >= 4 is 0 Å². The molecule has 1 aromatic carbocycles. The van der Waals surface area contributed by atoms with Crippen molar-refractivity contribution in [1.82, 2.24) is 4.90 Å². The standard InChI is InChI=1S/C19H31NO/c1-14-10-15(2)19(16(3)11-14)18(21)13-20(4)12-17-8-6-5-7-9-17/h10-11,17-18,21H,5-9,12-13H2,1-4H3. The zero-order valence-corrected chi connectivity index (χ0v) is 14.2. The Morgan fingerprint density at radius 2 is 1.67 bits per heavy atom. The van der Waals surface area contributed by atoms with Crippen molar-refractivity contribution in [2.75, 3.05) is 20.1 Å². The number of hydrogen-bond acceptors (Lipinski definition) is 2. The SMILES string of the molecule is Cc1cc(C)c(C(O)CN(C)CC2CCCCC2)c(C)c1. The van der Waals surface area contributed by atoms with Crippen molar-refractivity contribution in [3.05, 3.63) is 34.4 Å². The molecule has 1 aromatic rings. The van der Waals surface area contributed by atoms with Crippen LogP contribution in [0.2, 0.25) is 0 Å². The molecule has 118 valence electrons. The van der Waals surface area contributed by atoms with Crippen LogP contribution in [0.5, 0.6) is 0 Å². The van der Waals surface area contributed by atoms with Gasteiger partial charge in [0.1, 0.15) is 0 Å². The second-order valence-corrected chi connectivity index (χ2v) is 7.05. The number of aryl methyl sites for hydroxylation is 3. The number of aliphatic hydroxyl groups is 1. The fraction of sp³-hybridized carbons (Fsp3) is 0.684. The molecule has 2 heteroatoms. The summed E-state index contributed by atoms with van der Waals surface area (Å²) in [5.41, 5.74) is 4.82. The van der Waals surface area contributed by atoms with Gasteiger partial charge in [0, 0.05) is 13.1 Å². The van der Waals surface area contributed by atoms with E-state index in [0.29, 0.717) is 0 Å². The normalized spacial score (nSPS) is 18.2. The van der Waals surface area contributed by atoms with Crippen LogP contribution in [0.15, 0.2) is 12.1 Å². The molecule has 0 radical (unpaired) electrons.